The minimum atomic E-state index is -0.873. The molecule has 3 atom stereocenters. The number of ether oxygens (including phenoxy) is 1. The van der Waals surface area contributed by atoms with Gasteiger partial charge in [0, 0.05) is 30.8 Å². The SMILES string of the molecule is CC(CCC(=O)O)NC(=O)[C@H]1C[C@H]1CNC(=O)OCC1c2ccccc2-c2ccccc21. The number of benzene rings is 2. The topological polar surface area (TPSA) is 105 Å². The quantitative estimate of drug-likeness (QED) is 0.558. The van der Waals surface area contributed by atoms with Gasteiger partial charge in [0.2, 0.25) is 5.91 Å². The van der Waals surface area contributed by atoms with E-state index in [1.165, 1.54) is 11.1 Å². The molecular formula is C25H28N2O5. The van der Waals surface area contributed by atoms with Crippen molar-refractivity contribution in [2.45, 2.75) is 38.1 Å². The number of carbonyl (C=O) groups excluding carboxylic acids is 2. The Labute approximate surface area is 187 Å². The van der Waals surface area contributed by atoms with E-state index in [2.05, 4.69) is 34.9 Å². The Morgan fingerprint density at radius 3 is 2.31 bits per heavy atom. The van der Waals surface area contributed by atoms with Gasteiger partial charge in [0.25, 0.3) is 0 Å². The summed E-state index contributed by atoms with van der Waals surface area (Å²) in [5, 5.41) is 14.4. The summed E-state index contributed by atoms with van der Waals surface area (Å²) in [4.78, 5) is 35.1. The molecule has 4 rings (SSSR count). The number of alkyl carbamates (subject to hydrolysis) is 1. The first kappa shape index (κ1) is 21.9. The molecule has 1 unspecified atom stereocenters. The fourth-order valence-corrected chi connectivity index (χ4v) is 4.42. The molecular weight excluding hydrogens is 408 g/mol. The number of hydrogen-bond acceptors (Lipinski definition) is 4. The maximum Gasteiger partial charge on any atom is 0.407 e. The second-order valence-electron chi connectivity index (χ2n) is 8.65. The molecule has 7 nitrogen and oxygen atoms in total. The van der Waals surface area contributed by atoms with Crippen LogP contribution in [0.15, 0.2) is 48.5 Å². The maximum atomic E-state index is 12.3. The van der Waals surface area contributed by atoms with Crippen LogP contribution in [0.4, 0.5) is 4.79 Å². The minimum absolute atomic E-state index is 0.0138. The van der Waals surface area contributed by atoms with Crippen molar-refractivity contribution in [1.82, 2.24) is 10.6 Å². The lowest BCUT2D eigenvalue weighted by atomic mass is 9.98. The number of rotatable bonds is 9. The van der Waals surface area contributed by atoms with E-state index in [1.54, 1.807) is 6.92 Å². The number of carboxylic acids is 1. The van der Waals surface area contributed by atoms with Crippen molar-refractivity contribution in [3.05, 3.63) is 59.7 Å². The highest BCUT2D eigenvalue weighted by Gasteiger charge is 2.43. The smallest absolute Gasteiger partial charge is 0.407 e. The number of carbonyl (C=O) groups is 3. The highest BCUT2D eigenvalue weighted by Crippen LogP contribution is 2.44. The molecule has 0 aliphatic heterocycles. The summed E-state index contributed by atoms with van der Waals surface area (Å²) in [7, 11) is 0. The summed E-state index contributed by atoms with van der Waals surface area (Å²) < 4.78 is 5.53. The molecule has 168 valence electrons. The molecule has 3 N–H and O–H groups in total. The van der Waals surface area contributed by atoms with Gasteiger partial charge in [-0.1, -0.05) is 48.5 Å². The Kier molecular flexibility index (Phi) is 6.44. The fraction of sp³-hybridized carbons (Fsp3) is 0.400. The van der Waals surface area contributed by atoms with Crippen molar-refractivity contribution in [2.24, 2.45) is 11.8 Å². The first-order chi connectivity index (χ1) is 15.4. The lowest BCUT2D eigenvalue weighted by Crippen LogP contribution is -2.35. The van der Waals surface area contributed by atoms with Crippen molar-refractivity contribution >= 4 is 18.0 Å². The molecule has 2 amide bonds. The Morgan fingerprint density at radius 2 is 1.69 bits per heavy atom. The van der Waals surface area contributed by atoms with E-state index in [-0.39, 0.29) is 42.7 Å². The van der Waals surface area contributed by atoms with Crippen LogP contribution in [0.1, 0.15) is 43.2 Å². The van der Waals surface area contributed by atoms with Crippen molar-refractivity contribution in [1.29, 1.82) is 0 Å². The number of hydrogen-bond donors (Lipinski definition) is 3. The molecule has 1 saturated carbocycles. The number of amides is 2. The van der Waals surface area contributed by atoms with E-state index < -0.39 is 12.1 Å². The fourth-order valence-electron chi connectivity index (χ4n) is 4.42. The van der Waals surface area contributed by atoms with E-state index >= 15 is 0 Å². The van der Waals surface area contributed by atoms with Crippen LogP contribution >= 0.6 is 0 Å². The third-order valence-corrected chi connectivity index (χ3v) is 6.29. The van der Waals surface area contributed by atoms with Crippen LogP contribution in [0.2, 0.25) is 0 Å². The Bertz CT molecular complexity index is 975. The summed E-state index contributed by atoms with van der Waals surface area (Å²) in [6.45, 7) is 2.45. The van der Waals surface area contributed by atoms with Crippen LogP contribution in [0.25, 0.3) is 11.1 Å². The van der Waals surface area contributed by atoms with Gasteiger partial charge in [-0.3, -0.25) is 9.59 Å². The van der Waals surface area contributed by atoms with Gasteiger partial charge in [-0.15, -0.1) is 0 Å². The number of nitrogens with one attached hydrogen (secondary N) is 2. The summed E-state index contributed by atoms with van der Waals surface area (Å²) in [6.07, 6.45) is 0.656. The predicted molar refractivity (Wildman–Crippen MR) is 119 cm³/mol. The molecule has 0 heterocycles. The largest absolute Gasteiger partial charge is 0.481 e. The molecule has 7 heteroatoms. The molecule has 2 aromatic rings. The molecule has 0 aromatic heterocycles. The second kappa shape index (κ2) is 9.42. The molecule has 2 aliphatic rings. The maximum absolute atomic E-state index is 12.3. The van der Waals surface area contributed by atoms with E-state index in [0.717, 1.165) is 11.1 Å². The zero-order valence-corrected chi connectivity index (χ0v) is 18.0. The first-order valence-corrected chi connectivity index (χ1v) is 11.0. The van der Waals surface area contributed by atoms with Gasteiger partial charge < -0.3 is 20.5 Å². The van der Waals surface area contributed by atoms with Gasteiger partial charge in [-0.25, -0.2) is 4.79 Å². The minimum Gasteiger partial charge on any atom is -0.481 e. The van der Waals surface area contributed by atoms with Gasteiger partial charge in [0.1, 0.15) is 6.61 Å². The van der Waals surface area contributed by atoms with E-state index in [9.17, 15) is 14.4 Å². The molecule has 1 fully saturated rings. The van der Waals surface area contributed by atoms with Crippen LogP contribution in [0.5, 0.6) is 0 Å². The predicted octanol–water partition coefficient (Wildman–Crippen LogP) is 3.53. The second-order valence-corrected chi connectivity index (χ2v) is 8.65. The third-order valence-electron chi connectivity index (χ3n) is 6.29. The molecule has 0 bridgehead atoms. The number of fused-ring (bicyclic) bond motifs is 3. The van der Waals surface area contributed by atoms with Crippen molar-refractivity contribution < 1.29 is 24.2 Å². The summed E-state index contributed by atoms with van der Waals surface area (Å²) in [5.74, 6) is -0.997. The third kappa shape index (κ3) is 4.93. The van der Waals surface area contributed by atoms with Crippen LogP contribution in [-0.2, 0) is 14.3 Å². The van der Waals surface area contributed by atoms with Gasteiger partial charge in [-0.2, -0.15) is 0 Å². The van der Waals surface area contributed by atoms with Crippen molar-refractivity contribution in [3.8, 4) is 11.1 Å². The van der Waals surface area contributed by atoms with Crippen LogP contribution in [-0.4, -0.2) is 42.3 Å². The van der Waals surface area contributed by atoms with Crippen LogP contribution < -0.4 is 10.6 Å². The molecule has 0 saturated heterocycles. The molecule has 32 heavy (non-hydrogen) atoms. The highest BCUT2D eigenvalue weighted by atomic mass is 16.5. The van der Waals surface area contributed by atoms with Gasteiger partial charge in [0.05, 0.1) is 0 Å². The van der Waals surface area contributed by atoms with Crippen LogP contribution in [0.3, 0.4) is 0 Å². The van der Waals surface area contributed by atoms with Crippen molar-refractivity contribution in [3.63, 3.8) is 0 Å². The Balaban J connectivity index is 1.22. The average molecular weight is 437 g/mol. The lowest BCUT2D eigenvalue weighted by molar-refractivity contribution is -0.137. The van der Waals surface area contributed by atoms with E-state index in [0.29, 0.717) is 19.4 Å². The standard InChI is InChI=1S/C25H28N2O5/c1-15(10-11-23(28)29)27-24(30)21-12-16(21)13-26-25(31)32-14-22-19-8-4-2-6-17(19)18-7-3-5-9-20(18)22/h2-9,15-16,21-22H,10-14H2,1H3,(H,26,31)(H,27,30)(H,28,29)/t15?,16-,21-/m0/s1. The molecule has 0 spiro atoms. The summed E-state index contributed by atoms with van der Waals surface area (Å²) >= 11 is 0. The van der Waals surface area contributed by atoms with Crippen LogP contribution in [0, 0.1) is 11.8 Å². The van der Waals surface area contributed by atoms with Gasteiger partial charge in [-0.05, 0) is 47.9 Å². The van der Waals surface area contributed by atoms with Gasteiger partial charge >= 0.3 is 12.1 Å². The first-order valence-electron chi connectivity index (χ1n) is 11.0. The lowest BCUT2D eigenvalue weighted by Gasteiger charge is -2.15. The Morgan fingerprint density at radius 1 is 1.06 bits per heavy atom. The molecule has 2 aromatic carbocycles. The number of carboxylic acid groups (broad SMARTS) is 1. The Hall–Kier alpha value is -3.35. The van der Waals surface area contributed by atoms with Crippen molar-refractivity contribution in [2.75, 3.05) is 13.2 Å². The summed E-state index contributed by atoms with van der Waals surface area (Å²) in [6, 6.07) is 16.2. The summed E-state index contributed by atoms with van der Waals surface area (Å²) in [5.41, 5.74) is 4.69. The highest BCUT2D eigenvalue weighted by molar-refractivity contribution is 5.82. The van der Waals surface area contributed by atoms with Gasteiger partial charge in [0.15, 0.2) is 0 Å². The van der Waals surface area contributed by atoms with E-state index in [4.69, 9.17) is 9.84 Å². The average Bonchev–Trinajstić information content (AvgIpc) is 3.50. The molecule has 0 radical (unpaired) electrons. The number of aliphatic carboxylic acids is 1. The monoisotopic (exact) mass is 436 g/mol. The normalized spacial score (nSPS) is 19.4. The van der Waals surface area contributed by atoms with E-state index in [1.807, 2.05) is 24.3 Å². The zero-order valence-electron chi connectivity index (χ0n) is 18.0. The molecule has 2 aliphatic carbocycles. The zero-order chi connectivity index (χ0) is 22.7.